The summed E-state index contributed by atoms with van der Waals surface area (Å²) in [5.41, 5.74) is 0.803. The zero-order chi connectivity index (χ0) is 14.8. The van der Waals surface area contributed by atoms with Crippen molar-refractivity contribution in [3.8, 4) is 11.5 Å². The summed E-state index contributed by atoms with van der Waals surface area (Å²) in [7, 11) is 0.0606. The van der Waals surface area contributed by atoms with Gasteiger partial charge in [-0.15, -0.1) is 0 Å². The van der Waals surface area contributed by atoms with Crippen LogP contribution in [-0.2, 0) is 21.1 Å². The average molecular weight is 298 g/mol. The lowest BCUT2D eigenvalue weighted by atomic mass is 9.97. The van der Waals surface area contributed by atoms with Crippen LogP contribution in [0.3, 0.4) is 0 Å². The summed E-state index contributed by atoms with van der Waals surface area (Å²) in [6.07, 6.45) is 0.662. The number of rotatable bonds is 5. The van der Waals surface area contributed by atoms with Crippen molar-refractivity contribution in [1.29, 1.82) is 0 Å². The second kappa shape index (κ2) is 5.83. The largest absolute Gasteiger partial charge is 0.493 e. The minimum absolute atomic E-state index is 0.0148. The number of methoxy groups -OCH3 is 2. The molecule has 1 heterocycles. The predicted octanol–water partition coefficient (Wildman–Crippen LogP) is 1.25. The second-order valence-corrected chi connectivity index (χ2v) is 7.16. The predicted molar refractivity (Wildman–Crippen MR) is 75.0 cm³/mol. The van der Waals surface area contributed by atoms with Crippen LogP contribution in [0.25, 0.3) is 0 Å². The third-order valence-corrected chi connectivity index (χ3v) is 5.28. The molecule has 5 nitrogen and oxygen atoms in total. The van der Waals surface area contributed by atoms with Gasteiger partial charge in [0.1, 0.15) is 5.78 Å². The molecule has 1 aromatic rings. The van der Waals surface area contributed by atoms with Crippen molar-refractivity contribution >= 4 is 15.6 Å². The Morgan fingerprint density at radius 3 is 2.50 bits per heavy atom. The molecule has 1 aliphatic heterocycles. The molecule has 0 bridgehead atoms. The molecular weight excluding hydrogens is 280 g/mol. The fourth-order valence-corrected chi connectivity index (χ4v) is 4.16. The van der Waals surface area contributed by atoms with E-state index in [0.29, 0.717) is 17.9 Å². The van der Waals surface area contributed by atoms with Crippen molar-refractivity contribution in [2.75, 3.05) is 25.7 Å². The van der Waals surface area contributed by atoms with Crippen LogP contribution in [-0.4, -0.2) is 39.9 Å². The first-order chi connectivity index (χ1) is 9.45. The highest BCUT2D eigenvalue weighted by atomic mass is 32.2. The maximum Gasteiger partial charge on any atom is 0.161 e. The van der Waals surface area contributed by atoms with Crippen LogP contribution in [0.4, 0.5) is 0 Å². The summed E-state index contributed by atoms with van der Waals surface area (Å²) >= 11 is 0. The van der Waals surface area contributed by atoms with Crippen LogP contribution in [0, 0.1) is 5.92 Å². The third-order valence-electron chi connectivity index (χ3n) is 3.51. The number of benzene rings is 1. The molecule has 0 radical (unpaired) electrons. The monoisotopic (exact) mass is 298 g/mol. The highest BCUT2D eigenvalue weighted by Crippen LogP contribution is 2.28. The number of ketones is 1. The maximum absolute atomic E-state index is 12.1. The standard InChI is InChI=1S/C14H18O5S/c1-18-13-4-3-10(8-14(13)19-2)7-12(15)11-5-6-20(16,17)9-11/h3-4,8,11H,5-7,9H2,1-2H3. The van der Waals surface area contributed by atoms with E-state index < -0.39 is 9.84 Å². The Morgan fingerprint density at radius 1 is 1.25 bits per heavy atom. The van der Waals surface area contributed by atoms with E-state index in [1.165, 1.54) is 7.11 Å². The Labute approximate surface area is 118 Å². The summed E-state index contributed by atoms with van der Waals surface area (Å²) in [5, 5.41) is 0. The molecule has 1 saturated heterocycles. The number of hydrogen-bond acceptors (Lipinski definition) is 5. The van der Waals surface area contributed by atoms with Gasteiger partial charge in [-0.25, -0.2) is 8.42 Å². The Balaban J connectivity index is 2.08. The summed E-state index contributed by atoms with van der Waals surface area (Å²) < 4.78 is 33.1. The van der Waals surface area contributed by atoms with E-state index in [2.05, 4.69) is 0 Å². The second-order valence-electron chi connectivity index (χ2n) is 4.93. The van der Waals surface area contributed by atoms with Gasteiger partial charge in [0.2, 0.25) is 0 Å². The van der Waals surface area contributed by atoms with Crippen LogP contribution >= 0.6 is 0 Å². The normalized spacial score (nSPS) is 20.6. The zero-order valence-electron chi connectivity index (χ0n) is 11.6. The first-order valence-electron chi connectivity index (χ1n) is 6.39. The lowest BCUT2D eigenvalue weighted by Crippen LogP contribution is -2.18. The number of ether oxygens (including phenoxy) is 2. The lowest BCUT2D eigenvalue weighted by molar-refractivity contribution is -0.121. The molecule has 1 unspecified atom stereocenters. The molecule has 1 atom stereocenters. The molecule has 0 N–H and O–H groups in total. The highest BCUT2D eigenvalue weighted by Gasteiger charge is 2.32. The first-order valence-corrected chi connectivity index (χ1v) is 8.21. The summed E-state index contributed by atoms with van der Waals surface area (Å²) in [4.78, 5) is 12.1. The molecule has 0 aliphatic carbocycles. The molecule has 0 amide bonds. The van der Waals surface area contributed by atoms with Gasteiger partial charge in [0, 0.05) is 12.3 Å². The molecule has 2 rings (SSSR count). The highest BCUT2D eigenvalue weighted by molar-refractivity contribution is 7.91. The molecule has 0 spiro atoms. The maximum atomic E-state index is 12.1. The van der Waals surface area contributed by atoms with Gasteiger partial charge in [-0.2, -0.15) is 0 Å². The van der Waals surface area contributed by atoms with Crippen LogP contribution in [0.5, 0.6) is 11.5 Å². The Morgan fingerprint density at radius 2 is 1.95 bits per heavy atom. The van der Waals surface area contributed by atoms with E-state index in [0.717, 1.165) is 5.56 Å². The van der Waals surface area contributed by atoms with Crippen LogP contribution < -0.4 is 9.47 Å². The van der Waals surface area contributed by atoms with Gasteiger partial charge < -0.3 is 9.47 Å². The number of carbonyl (C=O) groups excluding carboxylic acids is 1. The van der Waals surface area contributed by atoms with E-state index in [-0.39, 0.29) is 29.6 Å². The van der Waals surface area contributed by atoms with Crippen molar-refractivity contribution in [3.05, 3.63) is 23.8 Å². The summed E-state index contributed by atoms with van der Waals surface area (Å²) in [6, 6.07) is 5.29. The smallest absolute Gasteiger partial charge is 0.161 e. The van der Waals surface area contributed by atoms with E-state index in [9.17, 15) is 13.2 Å². The first kappa shape index (κ1) is 14.8. The van der Waals surface area contributed by atoms with E-state index in [1.807, 2.05) is 0 Å². The fourth-order valence-electron chi connectivity index (χ4n) is 2.39. The van der Waals surface area contributed by atoms with Gasteiger partial charge in [-0.05, 0) is 24.1 Å². The van der Waals surface area contributed by atoms with Gasteiger partial charge in [-0.1, -0.05) is 6.07 Å². The van der Waals surface area contributed by atoms with Crippen LogP contribution in [0.2, 0.25) is 0 Å². The molecule has 1 aromatic carbocycles. The number of Topliss-reactive ketones (excluding diaryl/α,β-unsaturated/α-hetero) is 1. The molecular formula is C14H18O5S. The van der Waals surface area contributed by atoms with Gasteiger partial charge in [0.05, 0.1) is 25.7 Å². The average Bonchev–Trinajstić information content (AvgIpc) is 2.79. The Kier molecular flexibility index (Phi) is 4.32. The molecule has 1 aliphatic rings. The minimum atomic E-state index is -3.02. The van der Waals surface area contributed by atoms with Crippen LogP contribution in [0.1, 0.15) is 12.0 Å². The quantitative estimate of drug-likeness (QED) is 0.818. The molecule has 1 fully saturated rings. The molecule has 0 aromatic heterocycles. The SMILES string of the molecule is COc1ccc(CC(=O)C2CCS(=O)(=O)C2)cc1OC. The van der Waals surface area contributed by atoms with Gasteiger partial charge >= 0.3 is 0 Å². The van der Waals surface area contributed by atoms with Gasteiger partial charge in [0.15, 0.2) is 21.3 Å². The minimum Gasteiger partial charge on any atom is -0.493 e. The van der Waals surface area contributed by atoms with Crippen molar-refractivity contribution in [2.24, 2.45) is 5.92 Å². The Bertz CT molecular complexity index is 606. The number of sulfone groups is 1. The summed E-state index contributed by atoms with van der Waals surface area (Å²) in [5.74, 6) is 0.879. The zero-order valence-corrected chi connectivity index (χ0v) is 12.4. The van der Waals surface area contributed by atoms with E-state index >= 15 is 0 Å². The molecule has 110 valence electrons. The van der Waals surface area contributed by atoms with Crippen molar-refractivity contribution in [1.82, 2.24) is 0 Å². The topological polar surface area (TPSA) is 69.7 Å². The molecule has 20 heavy (non-hydrogen) atoms. The fraction of sp³-hybridized carbons (Fsp3) is 0.500. The van der Waals surface area contributed by atoms with E-state index in [1.54, 1.807) is 25.3 Å². The van der Waals surface area contributed by atoms with Gasteiger partial charge in [-0.3, -0.25) is 4.79 Å². The Hall–Kier alpha value is -1.56. The number of hydrogen-bond donors (Lipinski definition) is 0. The lowest BCUT2D eigenvalue weighted by Gasteiger charge is -2.10. The summed E-state index contributed by atoms with van der Waals surface area (Å²) in [6.45, 7) is 0. The van der Waals surface area contributed by atoms with Gasteiger partial charge in [0.25, 0.3) is 0 Å². The van der Waals surface area contributed by atoms with Crippen molar-refractivity contribution in [3.63, 3.8) is 0 Å². The van der Waals surface area contributed by atoms with Crippen molar-refractivity contribution in [2.45, 2.75) is 12.8 Å². The molecule has 0 saturated carbocycles. The van der Waals surface area contributed by atoms with E-state index in [4.69, 9.17) is 9.47 Å². The molecule has 6 heteroatoms. The van der Waals surface area contributed by atoms with Crippen LogP contribution in [0.15, 0.2) is 18.2 Å². The third kappa shape index (κ3) is 3.30. The number of carbonyl (C=O) groups is 1. The van der Waals surface area contributed by atoms with Crippen molar-refractivity contribution < 1.29 is 22.7 Å².